The molecule has 3 atom stereocenters. The van der Waals surface area contributed by atoms with Crippen molar-refractivity contribution in [1.29, 1.82) is 0 Å². The van der Waals surface area contributed by atoms with Crippen molar-refractivity contribution >= 4 is 23.0 Å². The number of aliphatic carboxylic acids is 1. The van der Waals surface area contributed by atoms with Crippen LogP contribution in [0.4, 0.5) is 5.82 Å². The zero-order valence-corrected chi connectivity index (χ0v) is 14.1. The number of hydrogen-bond acceptors (Lipinski definition) is 6. The van der Waals surface area contributed by atoms with Crippen molar-refractivity contribution in [2.24, 2.45) is 5.92 Å². The smallest absolute Gasteiger partial charge is 0.303 e. The zero-order chi connectivity index (χ0) is 17.7. The molecular weight excluding hydrogens is 310 g/mol. The fourth-order valence-electron chi connectivity index (χ4n) is 2.97. The fraction of sp³-hybridized carbons (Fsp3) is 0.625. The summed E-state index contributed by atoms with van der Waals surface area (Å²) in [5.41, 5.74) is 6.96. The number of nitrogen functional groups attached to an aromatic ring is 1. The lowest BCUT2D eigenvalue weighted by atomic mass is 9.97. The summed E-state index contributed by atoms with van der Waals surface area (Å²) in [7, 11) is 0. The largest absolute Gasteiger partial charge is 0.481 e. The van der Waals surface area contributed by atoms with E-state index >= 15 is 0 Å². The molecule has 0 aliphatic heterocycles. The highest BCUT2D eigenvalue weighted by Crippen LogP contribution is 2.26. The molecule has 2 aromatic rings. The van der Waals surface area contributed by atoms with Gasteiger partial charge in [0.2, 0.25) is 0 Å². The summed E-state index contributed by atoms with van der Waals surface area (Å²) in [5.74, 6) is -0.272. The Balaban J connectivity index is 1.99. The lowest BCUT2D eigenvalue weighted by Crippen LogP contribution is -2.21. The first-order valence-electron chi connectivity index (χ1n) is 8.23. The van der Waals surface area contributed by atoms with E-state index in [-0.39, 0.29) is 18.4 Å². The van der Waals surface area contributed by atoms with Crippen molar-refractivity contribution in [2.45, 2.75) is 58.1 Å². The molecule has 0 spiro atoms. The van der Waals surface area contributed by atoms with E-state index in [1.165, 1.54) is 6.33 Å². The van der Waals surface area contributed by atoms with E-state index in [4.69, 9.17) is 10.8 Å². The van der Waals surface area contributed by atoms with Crippen LogP contribution >= 0.6 is 0 Å². The van der Waals surface area contributed by atoms with E-state index in [1.54, 1.807) is 13.3 Å². The highest BCUT2D eigenvalue weighted by Gasteiger charge is 2.20. The predicted molar refractivity (Wildman–Crippen MR) is 90.3 cm³/mol. The summed E-state index contributed by atoms with van der Waals surface area (Å²) < 4.78 is 1.85. The molecule has 2 rings (SSSR count). The first-order chi connectivity index (χ1) is 11.4. The van der Waals surface area contributed by atoms with Crippen molar-refractivity contribution in [3.8, 4) is 0 Å². The van der Waals surface area contributed by atoms with Crippen LogP contribution in [0, 0.1) is 5.92 Å². The van der Waals surface area contributed by atoms with Gasteiger partial charge in [0.25, 0.3) is 0 Å². The molecule has 0 aliphatic carbocycles. The van der Waals surface area contributed by atoms with Crippen LogP contribution in [-0.4, -0.2) is 41.8 Å². The summed E-state index contributed by atoms with van der Waals surface area (Å²) >= 11 is 0. The van der Waals surface area contributed by atoms with Gasteiger partial charge < -0.3 is 20.5 Å². The van der Waals surface area contributed by atoms with E-state index < -0.39 is 12.1 Å². The topological polar surface area (TPSA) is 127 Å². The summed E-state index contributed by atoms with van der Waals surface area (Å²) in [4.78, 5) is 23.1. The van der Waals surface area contributed by atoms with Crippen molar-refractivity contribution in [3.63, 3.8) is 0 Å². The molecule has 8 heteroatoms. The third-order valence-corrected chi connectivity index (χ3v) is 4.27. The second kappa shape index (κ2) is 8.05. The van der Waals surface area contributed by atoms with Gasteiger partial charge in [0.15, 0.2) is 11.5 Å². The van der Waals surface area contributed by atoms with E-state index in [9.17, 15) is 9.90 Å². The number of aliphatic hydroxyl groups excluding tert-OH is 1. The van der Waals surface area contributed by atoms with Crippen LogP contribution in [0.3, 0.4) is 0 Å². The number of hydrogen-bond donors (Lipinski definition) is 3. The molecule has 0 fully saturated rings. The minimum atomic E-state index is -0.758. The van der Waals surface area contributed by atoms with Crippen molar-refractivity contribution in [1.82, 2.24) is 19.5 Å². The van der Waals surface area contributed by atoms with Gasteiger partial charge in [-0.15, -0.1) is 0 Å². The number of carboxylic acids is 1. The lowest BCUT2D eigenvalue weighted by Gasteiger charge is -2.22. The summed E-state index contributed by atoms with van der Waals surface area (Å²) in [6.45, 7) is 3.69. The van der Waals surface area contributed by atoms with Crippen molar-refractivity contribution in [3.05, 3.63) is 12.7 Å². The molecule has 132 valence electrons. The van der Waals surface area contributed by atoms with Gasteiger partial charge in [0.1, 0.15) is 11.8 Å². The number of carboxylic acid groups (broad SMARTS) is 1. The number of unbranched alkanes of at least 4 members (excludes halogenated alkanes) is 1. The third-order valence-electron chi connectivity index (χ3n) is 4.27. The van der Waals surface area contributed by atoms with Crippen LogP contribution in [0.15, 0.2) is 12.7 Å². The predicted octanol–water partition coefficient (Wildman–Crippen LogP) is 2.00. The summed E-state index contributed by atoms with van der Waals surface area (Å²) in [5, 5.41) is 18.9. The molecule has 4 N–H and O–H groups in total. The Bertz CT molecular complexity index is 685. The highest BCUT2D eigenvalue weighted by molar-refractivity contribution is 5.81. The lowest BCUT2D eigenvalue weighted by molar-refractivity contribution is -0.138. The number of rotatable bonds is 9. The molecule has 0 radical (unpaired) electrons. The van der Waals surface area contributed by atoms with Gasteiger partial charge in [-0.2, -0.15) is 0 Å². The monoisotopic (exact) mass is 335 g/mol. The number of anilines is 1. The van der Waals surface area contributed by atoms with E-state index in [1.807, 2.05) is 11.5 Å². The number of nitrogens with zero attached hydrogens (tertiary/aromatic N) is 4. The van der Waals surface area contributed by atoms with Gasteiger partial charge >= 0.3 is 5.97 Å². The molecule has 0 saturated heterocycles. The van der Waals surface area contributed by atoms with Crippen LogP contribution in [-0.2, 0) is 4.79 Å². The molecule has 2 aromatic heterocycles. The second-order valence-electron chi connectivity index (χ2n) is 6.38. The average molecular weight is 335 g/mol. The van der Waals surface area contributed by atoms with Crippen LogP contribution in [0.2, 0.25) is 0 Å². The van der Waals surface area contributed by atoms with E-state index in [0.717, 1.165) is 25.7 Å². The molecule has 0 saturated carbocycles. The normalized spacial score (nSPS) is 15.3. The highest BCUT2D eigenvalue weighted by atomic mass is 16.4. The fourth-order valence-corrected chi connectivity index (χ4v) is 2.97. The molecule has 2 heterocycles. The standard InChI is InChI=1S/C16H25N5O3/c1-10(7-13(23)24)5-3-4-6-12(11(2)22)21-9-20-14-15(17)18-8-19-16(14)21/h8-12,22H,3-7H2,1-2H3,(H,23,24)(H2,17,18,19)/t10?,11-,12+/m0/s1. The third kappa shape index (κ3) is 4.41. The molecule has 0 aromatic carbocycles. The van der Waals surface area contributed by atoms with Gasteiger partial charge in [0, 0.05) is 6.42 Å². The minimum absolute atomic E-state index is 0.154. The van der Waals surface area contributed by atoms with E-state index in [0.29, 0.717) is 17.0 Å². The number of aliphatic hydroxyl groups is 1. The number of imidazole rings is 1. The number of carbonyl (C=O) groups is 1. The molecule has 0 aliphatic rings. The summed E-state index contributed by atoms with van der Waals surface area (Å²) in [6, 6.07) is -0.154. The Hall–Kier alpha value is -2.22. The first-order valence-corrected chi connectivity index (χ1v) is 8.23. The first kappa shape index (κ1) is 18.1. The Morgan fingerprint density at radius 1 is 1.25 bits per heavy atom. The van der Waals surface area contributed by atoms with Crippen LogP contribution in [0.25, 0.3) is 11.2 Å². The van der Waals surface area contributed by atoms with Crippen molar-refractivity contribution in [2.75, 3.05) is 5.73 Å². The molecule has 1 unspecified atom stereocenters. The number of fused-ring (bicyclic) bond motifs is 1. The molecule has 0 amide bonds. The van der Waals surface area contributed by atoms with E-state index in [2.05, 4.69) is 15.0 Å². The number of nitrogens with two attached hydrogens (primary N) is 1. The maximum Gasteiger partial charge on any atom is 0.303 e. The average Bonchev–Trinajstić information content (AvgIpc) is 2.91. The molecule has 8 nitrogen and oxygen atoms in total. The van der Waals surface area contributed by atoms with Gasteiger partial charge in [-0.25, -0.2) is 15.0 Å². The Kier molecular flexibility index (Phi) is 6.08. The SMILES string of the molecule is CC(CCCC[C@H]([C@H](C)O)n1cnc2c(N)ncnc21)CC(=O)O. The molecule has 24 heavy (non-hydrogen) atoms. The Labute approximate surface area is 140 Å². The van der Waals surface area contributed by atoms with Gasteiger partial charge in [-0.05, 0) is 19.3 Å². The molecular formula is C16H25N5O3. The van der Waals surface area contributed by atoms with Gasteiger partial charge in [-0.3, -0.25) is 4.79 Å². The zero-order valence-electron chi connectivity index (χ0n) is 14.1. The Morgan fingerprint density at radius 3 is 2.62 bits per heavy atom. The second-order valence-corrected chi connectivity index (χ2v) is 6.38. The maximum absolute atomic E-state index is 10.7. The van der Waals surface area contributed by atoms with Gasteiger partial charge in [0.05, 0.1) is 18.5 Å². The van der Waals surface area contributed by atoms with Crippen LogP contribution in [0.5, 0.6) is 0 Å². The van der Waals surface area contributed by atoms with Crippen LogP contribution in [0.1, 0.15) is 52.0 Å². The maximum atomic E-state index is 10.7. The summed E-state index contributed by atoms with van der Waals surface area (Å²) in [6.07, 6.45) is 6.09. The Morgan fingerprint density at radius 2 is 1.96 bits per heavy atom. The van der Waals surface area contributed by atoms with Crippen molar-refractivity contribution < 1.29 is 15.0 Å². The quantitative estimate of drug-likeness (QED) is 0.598. The van der Waals surface area contributed by atoms with Gasteiger partial charge in [-0.1, -0.05) is 26.2 Å². The number of aromatic nitrogens is 4. The minimum Gasteiger partial charge on any atom is -0.481 e. The molecule has 0 bridgehead atoms. The van der Waals surface area contributed by atoms with Crippen LogP contribution < -0.4 is 5.73 Å².